The normalized spacial score (nSPS) is 15.7. The summed E-state index contributed by atoms with van der Waals surface area (Å²) in [6.07, 6.45) is 0. The molecule has 2 heterocycles. The second kappa shape index (κ2) is 9.47. The number of benzene rings is 3. The third-order valence-electron chi connectivity index (χ3n) is 6.25. The number of phenols is 1. The maximum absolute atomic E-state index is 10.5. The third kappa shape index (κ3) is 4.31. The summed E-state index contributed by atoms with van der Waals surface area (Å²) in [6, 6.07) is 20.9. The number of rotatable bonds is 5. The lowest BCUT2D eigenvalue weighted by molar-refractivity contribution is 0.372. The fourth-order valence-electron chi connectivity index (χ4n) is 4.40. The minimum Gasteiger partial charge on any atom is -0.504 e. The Bertz CT molecular complexity index is 1480. The van der Waals surface area contributed by atoms with Gasteiger partial charge >= 0.3 is 0 Å². The molecule has 1 unspecified atom stereocenters. The van der Waals surface area contributed by atoms with Gasteiger partial charge < -0.3 is 19.7 Å². The minimum atomic E-state index is -0.429. The predicted molar refractivity (Wildman–Crippen MR) is 144 cm³/mol. The molecule has 4 aromatic rings. The monoisotopic (exact) mass is 498 g/mol. The number of aromatic hydroxyl groups is 1. The van der Waals surface area contributed by atoms with E-state index in [9.17, 15) is 5.11 Å². The van der Waals surface area contributed by atoms with Crippen molar-refractivity contribution in [2.24, 2.45) is 0 Å². The number of nitrogens with zero attached hydrogens (tertiary/aromatic N) is 3. The topological polar surface area (TPSA) is 83.7 Å². The highest BCUT2D eigenvalue weighted by Crippen LogP contribution is 2.41. The van der Waals surface area contributed by atoms with Crippen LogP contribution in [0.5, 0.6) is 11.5 Å². The van der Waals surface area contributed by atoms with Crippen LogP contribution in [0.4, 0.5) is 5.69 Å². The van der Waals surface area contributed by atoms with E-state index in [0.717, 1.165) is 39.2 Å². The summed E-state index contributed by atoms with van der Waals surface area (Å²) in [6.45, 7) is 6.05. The number of allylic oxidation sites excluding steroid dienone is 1. The Morgan fingerprint density at radius 2 is 1.78 bits per heavy atom. The van der Waals surface area contributed by atoms with Crippen molar-refractivity contribution in [3.05, 3.63) is 95.0 Å². The number of aryl methyl sites for hydroxylation is 2. The molecule has 0 radical (unpaired) electrons. The molecule has 0 bridgehead atoms. The Hall–Kier alpha value is -4.17. The molecule has 0 saturated heterocycles. The summed E-state index contributed by atoms with van der Waals surface area (Å²) in [5.41, 5.74) is 6.45. The first-order valence-electron chi connectivity index (χ1n) is 11.5. The van der Waals surface area contributed by atoms with E-state index in [2.05, 4.69) is 10.5 Å². The molecule has 0 spiro atoms. The van der Waals surface area contributed by atoms with Crippen molar-refractivity contribution in [2.75, 3.05) is 12.0 Å². The number of methoxy groups -OCH3 is 1. The van der Waals surface area contributed by atoms with Crippen LogP contribution in [0.2, 0.25) is 0 Å². The van der Waals surface area contributed by atoms with Crippen molar-refractivity contribution in [1.29, 1.82) is 0 Å². The van der Waals surface area contributed by atoms with Crippen molar-refractivity contribution >= 4 is 28.6 Å². The lowest BCUT2D eigenvalue weighted by Gasteiger charge is -2.37. The molecule has 36 heavy (non-hydrogen) atoms. The number of aromatic nitrogens is 2. The number of ether oxygens (including phenoxy) is 1. The Morgan fingerprint density at radius 3 is 2.47 bits per heavy atom. The predicted octanol–water partition coefficient (Wildman–Crippen LogP) is 5.93. The van der Waals surface area contributed by atoms with Crippen molar-refractivity contribution in [3.8, 4) is 22.9 Å². The summed E-state index contributed by atoms with van der Waals surface area (Å²) in [4.78, 5) is 6.72. The standard InChI is InChI=1S/C28H26N4O3S/c1-16-8-11-21(12-9-16)32-18(3)24(27-30-26(31-35-27)20-7-5-6-17(2)14-20)25(29-28(32)36)19-10-13-23(34-4)22(33)15-19/h5-15,25,33H,1-4H3,(H,29,36). The van der Waals surface area contributed by atoms with Gasteiger partial charge in [-0.3, -0.25) is 4.90 Å². The molecule has 0 fully saturated rings. The fourth-order valence-corrected chi connectivity index (χ4v) is 4.76. The molecule has 5 rings (SSSR count). The zero-order valence-corrected chi connectivity index (χ0v) is 21.3. The van der Waals surface area contributed by atoms with Crippen LogP contribution in [0.15, 0.2) is 77.0 Å². The van der Waals surface area contributed by atoms with E-state index in [1.807, 2.05) is 80.3 Å². The second-order valence-corrected chi connectivity index (χ2v) is 9.16. The summed E-state index contributed by atoms with van der Waals surface area (Å²) in [5.74, 6) is 1.30. The van der Waals surface area contributed by atoms with Crippen LogP contribution in [0.3, 0.4) is 0 Å². The largest absolute Gasteiger partial charge is 0.504 e. The van der Waals surface area contributed by atoms with Crippen LogP contribution in [0.25, 0.3) is 17.0 Å². The van der Waals surface area contributed by atoms with E-state index in [4.69, 9.17) is 26.5 Å². The van der Waals surface area contributed by atoms with Crippen LogP contribution in [0, 0.1) is 13.8 Å². The third-order valence-corrected chi connectivity index (χ3v) is 6.55. The van der Waals surface area contributed by atoms with Crippen LogP contribution in [-0.2, 0) is 0 Å². The molecule has 0 aliphatic carbocycles. The number of nitrogens with one attached hydrogen (secondary N) is 1. The first-order valence-corrected chi connectivity index (χ1v) is 11.9. The molecule has 1 aliphatic heterocycles. The summed E-state index contributed by atoms with van der Waals surface area (Å²) >= 11 is 5.80. The average molecular weight is 499 g/mol. The highest BCUT2D eigenvalue weighted by atomic mass is 32.1. The van der Waals surface area contributed by atoms with Gasteiger partial charge in [-0.25, -0.2) is 0 Å². The van der Waals surface area contributed by atoms with E-state index >= 15 is 0 Å². The first kappa shape index (κ1) is 23.6. The van der Waals surface area contributed by atoms with Gasteiger partial charge in [-0.05, 0) is 68.9 Å². The molecule has 0 amide bonds. The van der Waals surface area contributed by atoms with E-state index < -0.39 is 6.04 Å². The molecule has 1 aliphatic rings. The summed E-state index contributed by atoms with van der Waals surface area (Å²) in [5, 5.41) is 18.7. The first-order chi connectivity index (χ1) is 17.4. The quantitative estimate of drug-likeness (QED) is 0.327. The highest BCUT2D eigenvalue weighted by Gasteiger charge is 2.35. The van der Waals surface area contributed by atoms with Gasteiger partial charge in [-0.1, -0.05) is 52.7 Å². The maximum atomic E-state index is 10.5. The van der Waals surface area contributed by atoms with Gasteiger partial charge in [0.25, 0.3) is 5.89 Å². The van der Waals surface area contributed by atoms with Gasteiger partial charge in [0.15, 0.2) is 16.6 Å². The minimum absolute atomic E-state index is 0.0339. The SMILES string of the molecule is COc1ccc(C2NC(=S)N(c3ccc(C)cc3)C(C)=C2c2nc(-c3cccc(C)c3)no2)cc1O. The highest BCUT2D eigenvalue weighted by molar-refractivity contribution is 7.80. The number of phenolic OH excluding ortho intramolecular Hbond substituents is 1. The Morgan fingerprint density at radius 1 is 1.00 bits per heavy atom. The molecule has 0 saturated carbocycles. The average Bonchev–Trinajstić information content (AvgIpc) is 3.34. The van der Waals surface area contributed by atoms with Gasteiger partial charge in [0.05, 0.1) is 18.7 Å². The molecule has 2 N–H and O–H groups in total. The van der Waals surface area contributed by atoms with Crippen LogP contribution >= 0.6 is 12.2 Å². The van der Waals surface area contributed by atoms with E-state index in [1.54, 1.807) is 12.1 Å². The fraction of sp³-hybridized carbons (Fsp3) is 0.179. The lowest BCUT2D eigenvalue weighted by Crippen LogP contribution is -2.46. The Labute approximate surface area is 215 Å². The molecule has 3 aromatic carbocycles. The Balaban J connectivity index is 1.66. The molecule has 7 nitrogen and oxygen atoms in total. The van der Waals surface area contributed by atoms with Gasteiger partial charge in [-0.15, -0.1) is 0 Å². The van der Waals surface area contributed by atoms with E-state index in [-0.39, 0.29) is 5.75 Å². The van der Waals surface area contributed by atoms with Crippen molar-refractivity contribution in [2.45, 2.75) is 26.8 Å². The number of anilines is 1. The van der Waals surface area contributed by atoms with Gasteiger partial charge in [0.2, 0.25) is 5.82 Å². The smallest absolute Gasteiger partial charge is 0.258 e. The summed E-state index contributed by atoms with van der Waals surface area (Å²) < 4.78 is 11.0. The number of thiocarbonyl (C=S) groups is 1. The molecule has 1 aromatic heterocycles. The van der Waals surface area contributed by atoms with Crippen LogP contribution in [-0.4, -0.2) is 27.5 Å². The van der Waals surface area contributed by atoms with Crippen LogP contribution < -0.4 is 15.0 Å². The van der Waals surface area contributed by atoms with E-state index in [1.165, 1.54) is 7.11 Å². The molecule has 1 atom stereocenters. The van der Waals surface area contributed by atoms with Gasteiger partial charge in [-0.2, -0.15) is 4.98 Å². The molecule has 182 valence electrons. The lowest BCUT2D eigenvalue weighted by atomic mass is 9.94. The van der Waals surface area contributed by atoms with Crippen molar-refractivity contribution < 1.29 is 14.4 Å². The molecular formula is C28H26N4O3S. The summed E-state index contributed by atoms with van der Waals surface area (Å²) in [7, 11) is 1.52. The van der Waals surface area contributed by atoms with E-state index in [0.29, 0.717) is 22.6 Å². The molecular weight excluding hydrogens is 472 g/mol. The second-order valence-electron chi connectivity index (χ2n) is 8.78. The number of hydrogen-bond donors (Lipinski definition) is 2. The van der Waals surface area contributed by atoms with Crippen molar-refractivity contribution in [3.63, 3.8) is 0 Å². The van der Waals surface area contributed by atoms with Crippen molar-refractivity contribution in [1.82, 2.24) is 15.5 Å². The zero-order valence-electron chi connectivity index (χ0n) is 20.4. The Kier molecular flexibility index (Phi) is 6.20. The molecule has 8 heteroatoms. The van der Waals surface area contributed by atoms with Gasteiger partial charge in [0, 0.05) is 16.9 Å². The van der Waals surface area contributed by atoms with Gasteiger partial charge in [0.1, 0.15) is 0 Å². The van der Waals surface area contributed by atoms with Crippen LogP contribution in [0.1, 0.15) is 35.5 Å². The maximum Gasteiger partial charge on any atom is 0.258 e. The zero-order chi connectivity index (χ0) is 25.4. The number of hydrogen-bond acceptors (Lipinski definition) is 6.